The second-order valence-electron chi connectivity index (χ2n) is 4.31. The highest BCUT2D eigenvalue weighted by molar-refractivity contribution is 5.92. The molecule has 2 heterocycles. The van der Waals surface area contributed by atoms with Crippen molar-refractivity contribution in [1.29, 1.82) is 0 Å². The van der Waals surface area contributed by atoms with Gasteiger partial charge in [-0.2, -0.15) is 0 Å². The van der Waals surface area contributed by atoms with Crippen molar-refractivity contribution in [1.82, 2.24) is 10.5 Å². The summed E-state index contributed by atoms with van der Waals surface area (Å²) in [5.74, 6) is 0.443. The maximum absolute atomic E-state index is 11.6. The van der Waals surface area contributed by atoms with Gasteiger partial charge in [0.05, 0.1) is 13.2 Å². The van der Waals surface area contributed by atoms with Gasteiger partial charge in [-0.15, -0.1) is 0 Å². The minimum atomic E-state index is -0.194. The summed E-state index contributed by atoms with van der Waals surface area (Å²) in [6, 6.07) is 1.62. The van der Waals surface area contributed by atoms with Crippen molar-refractivity contribution in [2.45, 2.75) is 13.8 Å². The van der Waals surface area contributed by atoms with Crippen molar-refractivity contribution in [3.63, 3.8) is 0 Å². The number of hydrogen-bond acceptors (Lipinski definition) is 4. The van der Waals surface area contributed by atoms with Crippen molar-refractivity contribution >= 4 is 5.91 Å². The number of nitrogens with one attached hydrogen (secondary N) is 1. The number of nitrogens with zero attached hydrogens (tertiary/aromatic N) is 1. The molecule has 2 rings (SSSR count). The summed E-state index contributed by atoms with van der Waals surface area (Å²) in [5, 5.41) is 6.46. The highest BCUT2D eigenvalue weighted by Gasteiger charge is 2.33. The van der Waals surface area contributed by atoms with Gasteiger partial charge in [0.25, 0.3) is 5.91 Å². The van der Waals surface area contributed by atoms with Crippen LogP contribution in [0.4, 0.5) is 0 Å². The van der Waals surface area contributed by atoms with Gasteiger partial charge >= 0.3 is 0 Å². The minimum absolute atomic E-state index is 0.0778. The fraction of sp³-hybridized carbons (Fsp3) is 0.600. The molecule has 1 fully saturated rings. The van der Waals surface area contributed by atoms with Crippen molar-refractivity contribution in [2.75, 3.05) is 19.8 Å². The van der Waals surface area contributed by atoms with Crippen LogP contribution in [0.25, 0.3) is 0 Å². The zero-order valence-electron chi connectivity index (χ0n) is 8.87. The summed E-state index contributed by atoms with van der Waals surface area (Å²) in [7, 11) is 0. The lowest BCUT2D eigenvalue weighted by Gasteiger charge is -2.37. The molecule has 0 spiro atoms. The quantitative estimate of drug-likeness (QED) is 0.799. The van der Waals surface area contributed by atoms with E-state index in [0.29, 0.717) is 31.2 Å². The third-order valence-corrected chi connectivity index (χ3v) is 2.44. The molecule has 15 heavy (non-hydrogen) atoms. The second-order valence-corrected chi connectivity index (χ2v) is 4.31. The predicted octanol–water partition coefficient (Wildman–Crippen LogP) is 0.749. The van der Waals surface area contributed by atoms with E-state index in [1.165, 1.54) is 0 Å². The van der Waals surface area contributed by atoms with E-state index in [1.807, 2.05) is 0 Å². The molecule has 0 saturated carbocycles. The van der Waals surface area contributed by atoms with E-state index in [4.69, 9.17) is 9.26 Å². The summed E-state index contributed by atoms with van der Waals surface area (Å²) in [5.41, 5.74) is 0.408. The molecule has 0 radical (unpaired) electrons. The van der Waals surface area contributed by atoms with E-state index in [-0.39, 0.29) is 11.3 Å². The number of aryl methyl sites for hydroxylation is 1. The van der Waals surface area contributed by atoms with Gasteiger partial charge in [0, 0.05) is 18.0 Å². The standard InChI is InChI=1S/C10H14N2O3/c1-7-3-8(12-15-7)9(13)11-4-10(2)5-14-6-10/h3H,4-6H2,1-2H3,(H,11,13). The number of aromatic nitrogens is 1. The highest BCUT2D eigenvalue weighted by Crippen LogP contribution is 2.25. The Kier molecular flexibility index (Phi) is 2.48. The van der Waals surface area contributed by atoms with Gasteiger partial charge in [-0.3, -0.25) is 4.79 Å². The van der Waals surface area contributed by atoms with Crippen molar-refractivity contribution in [3.05, 3.63) is 17.5 Å². The van der Waals surface area contributed by atoms with Crippen LogP contribution in [0.1, 0.15) is 23.2 Å². The molecule has 0 aliphatic carbocycles. The van der Waals surface area contributed by atoms with E-state index >= 15 is 0 Å². The lowest BCUT2D eigenvalue weighted by Crippen LogP contribution is -2.48. The normalized spacial score (nSPS) is 18.3. The Balaban J connectivity index is 1.87. The van der Waals surface area contributed by atoms with Gasteiger partial charge in [-0.05, 0) is 6.92 Å². The van der Waals surface area contributed by atoms with Crippen LogP contribution in [0.3, 0.4) is 0 Å². The van der Waals surface area contributed by atoms with Crippen LogP contribution in [0.5, 0.6) is 0 Å². The topological polar surface area (TPSA) is 64.4 Å². The minimum Gasteiger partial charge on any atom is -0.380 e. The molecule has 5 nitrogen and oxygen atoms in total. The van der Waals surface area contributed by atoms with Crippen LogP contribution >= 0.6 is 0 Å². The first-order valence-corrected chi connectivity index (χ1v) is 4.88. The molecular weight excluding hydrogens is 196 g/mol. The molecule has 1 N–H and O–H groups in total. The molecular formula is C10H14N2O3. The summed E-state index contributed by atoms with van der Waals surface area (Å²) in [4.78, 5) is 11.6. The number of carbonyl (C=O) groups excluding carboxylic acids is 1. The zero-order chi connectivity index (χ0) is 10.9. The largest absolute Gasteiger partial charge is 0.380 e. The molecule has 5 heteroatoms. The maximum atomic E-state index is 11.6. The third-order valence-electron chi connectivity index (χ3n) is 2.44. The molecule has 0 aromatic carbocycles. The number of amides is 1. The van der Waals surface area contributed by atoms with Crippen LogP contribution in [0.2, 0.25) is 0 Å². The first kappa shape index (κ1) is 10.2. The van der Waals surface area contributed by atoms with E-state index in [2.05, 4.69) is 17.4 Å². The SMILES string of the molecule is Cc1cc(C(=O)NCC2(C)COC2)no1. The van der Waals surface area contributed by atoms with E-state index in [1.54, 1.807) is 13.0 Å². The Morgan fingerprint density at radius 3 is 2.87 bits per heavy atom. The zero-order valence-corrected chi connectivity index (χ0v) is 8.87. The molecule has 82 valence electrons. The van der Waals surface area contributed by atoms with Crippen LogP contribution in [-0.4, -0.2) is 30.8 Å². The van der Waals surface area contributed by atoms with Crippen LogP contribution < -0.4 is 5.32 Å². The molecule has 1 saturated heterocycles. The smallest absolute Gasteiger partial charge is 0.273 e. The summed E-state index contributed by atoms with van der Waals surface area (Å²) < 4.78 is 9.92. The molecule has 1 aliphatic heterocycles. The predicted molar refractivity (Wildman–Crippen MR) is 52.5 cm³/mol. The molecule has 1 amide bonds. The monoisotopic (exact) mass is 210 g/mol. The Labute approximate surface area is 87.8 Å². The van der Waals surface area contributed by atoms with Crippen LogP contribution in [-0.2, 0) is 4.74 Å². The Hall–Kier alpha value is -1.36. The number of ether oxygens (including phenoxy) is 1. The highest BCUT2D eigenvalue weighted by atomic mass is 16.5. The number of hydrogen-bond donors (Lipinski definition) is 1. The average Bonchev–Trinajstić information content (AvgIpc) is 2.58. The maximum Gasteiger partial charge on any atom is 0.273 e. The van der Waals surface area contributed by atoms with Gasteiger partial charge < -0.3 is 14.6 Å². The number of rotatable bonds is 3. The summed E-state index contributed by atoms with van der Waals surface area (Å²) in [6.45, 7) is 5.84. The van der Waals surface area contributed by atoms with E-state index in [0.717, 1.165) is 0 Å². The Morgan fingerprint density at radius 2 is 2.40 bits per heavy atom. The molecule has 1 aliphatic rings. The van der Waals surface area contributed by atoms with Crippen molar-refractivity contribution in [3.8, 4) is 0 Å². The first-order valence-electron chi connectivity index (χ1n) is 4.88. The van der Waals surface area contributed by atoms with Crippen molar-refractivity contribution < 1.29 is 14.1 Å². The average molecular weight is 210 g/mol. The van der Waals surface area contributed by atoms with Crippen LogP contribution in [0.15, 0.2) is 10.6 Å². The van der Waals surface area contributed by atoms with Crippen molar-refractivity contribution in [2.24, 2.45) is 5.41 Å². The van der Waals surface area contributed by atoms with E-state index in [9.17, 15) is 4.79 Å². The summed E-state index contributed by atoms with van der Waals surface area (Å²) in [6.07, 6.45) is 0. The number of carbonyl (C=O) groups is 1. The molecule has 1 aromatic heterocycles. The van der Waals surface area contributed by atoms with Gasteiger partial charge in [-0.1, -0.05) is 12.1 Å². The van der Waals surface area contributed by atoms with Gasteiger partial charge in [-0.25, -0.2) is 0 Å². The third kappa shape index (κ3) is 2.18. The lowest BCUT2D eigenvalue weighted by atomic mass is 9.89. The summed E-state index contributed by atoms with van der Waals surface area (Å²) >= 11 is 0. The van der Waals surface area contributed by atoms with Crippen LogP contribution in [0, 0.1) is 12.3 Å². The molecule has 0 unspecified atom stereocenters. The lowest BCUT2D eigenvalue weighted by molar-refractivity contribution is -0.0978. The fourth-order valence-electron chi connectivity index (χ4n) is 1.41. The molecule has 1 aromatic rings. The van der Waals surface area contributed by atoms with Gasteiger partial charge in [0.1, 0.15) is 5.76 Å². The first-order chi connectivity index (χ1) is 7.09. The molecule has 0 bridgehead atoms. The van der Waals surface area contributed by atoms with E-state index < -0.39 is 0 Å². The van der Waals surface area contributed by atoms with Gasteiger partial charge in [0.15, 0.2) is 5.69 Å². The molecule has 0 atom stereocenters. The van der Waals surface area contributed by atoms with Gasteiger partial charge in [0.2, 0.25) is 0 Å². The Bertz CT molecular complexity index is 368. The fourth-order valence-corrected chi connectivity index (χ4v) is 1.41. The second kappa shape index (κ2) is 3.66. The Morgan fingerprint density at radius 1 is 1.67 bits per heavy atom.